The van der Waals surface area contributed by atoms with E-state index < -0.39 is 0 Å². The third-order valence-corrected chi connectivity index (χ3v) is 4.91. The van der Waals surface area contributed by atoms with Crippen LogP contribution in [0.25, 0.3) is 0 Å². The lowest BCUT2D eigenvalue weighted by molar-refractivity contribution is -0.127. The van der Waals surface area contributed by atoms with Gasteiger partial charge in [0.1, 0.15) is 5.82 Å². The van der Waals surface area contributed by atoms with Crippen LogP contribution in [0.1, 0.15) is 43.0 Å². The highest BCUT2D eigenvalue weighted by atomic mass is 19.1. The molecule has 0 saturated carbocycles. The summed E-state index contributed by atoms with van der Waals surface area (Å²) in [5.74, 6) is 0.200. The molecule has 25 heavy (non-hydrogen) atoms. The average Bonchev–Trinajstić information content (AvgIpc) is 3.00. The summed E-state index contributed by atoms with van der Waals surface area (Å²) in [6.07, 6.45) is 0.920. The molecule has 2 atom stereocenters. The number of urea groups is 1. The predicted octanol–water partition coefficient (Wildman–Crippen LogP) is 3.01. The highest BCUT2D eigenvalue weighted by Crippen LogP contribution is 2.21. The smallest absolute Gasteiger partial charge is 0.317 e. The Bertz CT molecular complexity index is 639. The predicted molar refractivity (Wildman–Crippen MR) is 95.8 cm³/mol. The van der Waals surface area contributed by atoms with Crippen LogP contribution in [-0.2, 0) is 4.79 Å². The molecule has 1 aliphatic rings. The summed E-state index contributed by atoms with van der Waals surface area (Å²) < 4.78 is 13.8. The Morgan fingerprint density at radius 3 is 2.48 bits per heavy atom. The van der Waals surface area contributed by atoms with Gasteiger partial charge in [0.25, 0.3) is 0 Å². The number of hydrogen-bond acceptors (Lipinski definition) is 2. The first-order valence-electron chi connectivity index (χ1n) is 8.72. The first-order valence-corrected chi connectivity index (χ1v) is 8.72. The van der Waals surface area contributed by atoms with Crippen molar-refractivity contribution in [2.45, 2.75) is 40.2 Å². The lowest BCUT2D eigenvalue weighted by Crippen LogP contribution is -2.41. The highest BCUT2D eigenvalue weighted by Gasteiger charge is 2.26. The van der Waals surface area contributed by atoms with Gasteiger partial charge in [-0.1, -0.05) is 12.1 Å². The second kappa shape index (κ2) is 7.85. The Kier molecular flexibility index (Phi) is 6.03. The van der Waals surface area contributed by atoms with Crippen LogP contribution in [0.4, 0.5) is 9.18 Å². The summed E-state index contributed by atoms with van der Waals surface area (Å²) in [5.41, 5.74) is 2.06. The van der Waals surface area contributed by atoms with Gasteiger partial charge in [-0.3, -0.25) is 4.79 Å². The van der Waals surface area contributed by atoms with Crippen molar-refractivity contribution in [2.75, 3.05) is 26.7 Å². The number of hydrogen-bond donors (Lipinski definition) is 1. The van der Waals surface area contributed by atoms with Gasteiger partial charge in [0.2, 0.25) is 5.91 Å². The lowest BCUT2D eigenvalue weighted by Gasteiger charge is -2.24. The quantitative estimate of drug-likeness (QED) is 0.908. The molecule has 3 amide bonds. The van der Waals surface area contributed by atoms with Gasteiger partial charge < -0.3 is 15.1 Å². The first-order chi connectivity index (χ1) is 11.7. The minimum Gasteiger partial charge on any atom is -0.343 e. The molecular formula is C19H28FN3O2. The number of nitrogens with zero attached hydrogens (tertiary/aromatic N) is 2. The van der Waals surface area contributed by atoms with Crippen LogP contribution < -0.4 is 5.32 Å². The van der Waals surface area contributed by atoms with Gasteiger partial charge in [0.15, 0.2) is 0 Å². The molecule has 0 spiro atoms. The first kappa shape index (κ1) is 19.2. The van der Waals surface area contributed by atoms with E-state index in [1.807, 2.05) is 11.8 Å². The molecule has 1 saturated heterocycles. The molecule has 5 nitrogen and oxygen atoms in total. The summed E-state index contributed by atoms with van der Waals surface area (Å²) in [6, 6.07) is 3.18. The Labute approximate surface area is 149 Å². The minimum absolute atomic E-state index is 0.0882. The molecule has 1 N–H and O–H groups in total. The molecule has 1 aromatic carbocycles. The van der Waals surface area contributed by atoms with E-state index >= 15 is 0 Å². The number of aryl methyl sites for hydroxylation is 2. The number of carbonyl (C=O) groups is 2. The van der Waals surface area contributed by atoms with Gasteiger partial charge >= 0.3 is 6.03 Å². The topological polar surface area (TPSA) is 52.7 Å². The molecule has 0 unspecified atom stereocenters. The zero-order valence-corrected chi connectivity index (χ0v) is 15.7. The largest absolute Gasteiger partial charge is 0.343 e. The van der Waals surface area contributed by atoms with E-state index in [1.165, 1.54) is 0 Å². The normalized spacial score (nSPS) is 18.2. The van der Waals surface area contributed by atoms with Crippen molar-refractivity contribution >= 4 is 11.9 Å². The Hall–Kier alpha value is -2.11. The average molecular weight is 349 g/mol. The van der Waals surface area contributed by atoms with Gasteiger partial charge in [-0.25, -0.2) is 9.18 Å². The number of benzene rings is 1. The molecule has 1 fully saturated rings. The maximum absolute atomic E-state index is 13.8. The molecular weight excluding hydrogens is 321 g/mol. The summed E-state index contributed by atoms with van der Waals surface area (Å²) in [4.78, 5) is 27.3. The van der Waals surface area contributed by atoms with Crippen LogP contribution in [0.3, 0.4) is 0 Å². The third kappa shape index (κ3) is 4.71. The summed E-state index contributed by atoms with van der Waals surface area (Å²) >= 11 is 0. The van der Waals surface area contributed by atoms with Crippen LogP contribution >= 0.6 is 0 Å². The van der Waals surface area contributed by atoms with Crippen molar-refractivity contribution < 1.29 is 14.0 Å². The van der Waals surface area contributed by atoms with Gasteiger partial charge in [-0.15, -0.1) is 0 Å². The molecule has 6 heteroatoms. The number of likely N-dealkylation sites (tertiary alicyclic amines) is 1. The van der Waals surface area contributed by atoms with Crippen LogP contribution in [0.15, 0.2) is 12.1 Å². The number of nitrogens with one attached hydrogen (secondary N) is 1. The fraction of sp³-hybridized carbons (Fsp3) is 0.579. The SMILES string of the molecule is CC(=O)N1CC[C@H](CN(C)C(=O)N[C@@H](C)c2cc(C)c(F)c(C)c2)C1. The fourth-order valence-corrected chi connectivity index (χ4v) is 3.35. The summed E-state index contributed by atoms with van der Waals surface area (Å²) in [6.45, 7) is 9.02. The maximum atomic E-state index is 13.8. The zero-order chi connectivity index (χ0) is 18.7. The number of amides is 3. The van der Waals surface area contributed by atoms with E-state index in [9.17, 15) is 14.0 Å². The molecule has 0 aliphatic carbocycles. The summed E-state index contributed by atoms with van der Waals surface area (Å²) in [7, 11) is 1.76. The monoisotopic (exact) mass is 349 g/mol. The Morgan fingerprint density at radius 2 is 1.96 bits per heavy atom. The Morgan fingerprint density at radius 1 is 1.36 bits per heavy atom. The molecule has 138 valence electrons. The maximum Gasteiger partial charge on any atom is 0.317 e. The lowest BCUT2D eigenvalue weighted by atomic mass is 10.0. The zero-order valence-electron chi connectivity index (χ0n) is 15.7. The number of halogens is 1. The third-order valence-electron chi connectivity index (χ3n) is 4.91. The van der Waals surface area contributed by atoms with Crippen molar-refractivity contribution in [2.24, 2.45) is 5.92 Å². The van der Waals surface area contributed by atoms with Crippen molar-refractivity contribution in [1.82, 2.24) is 15.1 Å². The Balaban J connectivity index is 1.91. The van der Waals surface area contributed by atoms with E-state index in [4.69, 9.17) is 0 Å². The molecule has 1 aromatic rings. The van der Waals surface area contributed by atoms with E-state index in [0.717, 1.165) is 18.5 Å². The van der Waals surface area contributed by atoms with E-state index in [-0.39, 0.29) is 23.8 Å². The van der Waals surface area contributed by atoms with Crippen LogP contribution in [0.2, 0.25) is 0 Å². The number of carbonyl (C=O) groups excluding carboxylic acids is 2. The van der Waals surface area contributed by atoms with Crippen molar-refractivity contribution in [3.63, 3.8) is 0 Å². The van der Waals surface area contributed by atoms with Crippen molar-refractivity contribution in [1.29, 1.82) is 0 Å². The number of rotatable bonds is 4. The standard InChI is InChI=1S/C19H28FN3O2/c1-12-8-17(9-13(2)18(12)20)14(3)21-19(25)22(5)10-16-6-7-23(11-16)15(4)24/h8-9,14,16H,6-7,10-11H2,1-5H3,(H,21,25)/t14-,16+/m0/s1. The van der Waals surface area contributed by atoms with Crippen LogP contribution in [0, 0.1) is 25.6 Å². The van der Waals surface area contributed by atoms with Crippen molar-refractivity contribution in [3.05, 3.63) is 34.6 Å². The van der Waals surface area contributed by atoms with Gasteiger partial charge in [0.05, 0.1) is 6.04 Å². The fourth-order valence-electron chi connectivity index (χ4n) is 3.35. The molecule has 0 bridgehead atoms. The molecule has 1 heterocycles. The van der Waals surface area contributed by atoms with E-state index in [0.29, 0.717) is 30.1 Å². The van der Waals surface area contributed by atoms with Crippen LogP contribution in [-0.4, -0.2) is 48.4 Å². The molecule has 0 radical (unpaired) electrons. The highest BCUT2D eigenvalue weighted by molar-refractivity contribution is 5.75. The summed E-state index contributed by atoms with van der Waals surface area (Å²) in [5, 5.41) is 2.96. The van der Waals surface area contributed by atoms with E-state index in [2.05, 4.69) is 5.32 Å². The minimum atomic E-state index is -0.203. The van der Waals surface area contributed by atoms with Crippen LogP contribution in [0.5, 0.6) is 0 Å². The molecule has 0 aromatic heterocycles. The second-order valence-electron chi connectivity index (χ2n) is 7.14. The van der Waals surface area contributed by atoms with Gasteiger partial charge in [0, 0.05) is 33.6 Å². The molecule has 2 rings (SSSR count). The van der Waals surface area contributed by atoms with Crippen molar-refractivity contribution in [3.8, 4) is 0 Å². The molecule has 1 aliphatic heterocycles. The second-order valence-corrected chi connectivity index (χ2v) is 7.14. The van der Waals surface area contributed by atoms with E-state index in [1.54, 1.807) is 44.9 Å². The van der Waals surface area contributed by atoms with Gasteiger partial charge in [-0.2, -0.15) is 0 Å². The van der Waals surface area contributed by atoms with Gasteiger partial charge in [-0.05, 0) is 49.8 Å².